The van der Waals surface area contributed by atoms with Crippen LogP contribution < -0.4 is 10.6 Å². The van der Waals surface area contributed by atoms with E-state index in [9.17, 15) is 5.11 Å². The average Bonchev–Trinajstić information content (AvgIpc) is 2.68. The van der Waals surface area contributed by atoms with Crippen LogP contribution in [0.15, 0.2) is 24.3 Å². The SMILES string of the molecule is N#CCCCC1(CO)Nc2ccccc2N1. The molecule has 0 bridgehead atoms. The molecule has 4 nitrogen and oxygen atoms in total. The third kappa shape index (κ3) is 1.95. The summed E-state index contributed by atoms with van der Waals surface area (Å²) in [5, 5.41) is 24.6. The van der Waals surface area contributed by atoms with Crippen molar-refractivity contribution in [3.8, 4) is 6.07 Å². The van der Waals surface area contributed by atoms with Crippen molar-refractivity contribution < 1.29 is 5.11 Å². The first-order chi connectivity index (χ1) is 7.79. The third-order valence-corrected chi connectivity index (χ3v) is 2.84. The maximum atomic E-state index is 9.48. The lowest BCUT2D eigenvalue weighted by Gasteiger charge is -2.28. The summed E-state index contributed by atoms with van der Waals surface area (Å²) in [5.41, 5.74) is 1.52. The quantitative estimate of drug-likeness (QED) is 0.674. The molecule has 0 saturated carbocycles. The van der Waals surface area contributed by atoms with Gasteiger partial charge in [-0.15, -0.1) is 0 Å². The number of aliphatic hydroxyl groups is 1. The molecule has 1 aromatic carbocycles. The van der Waals surface area contributed by atoms with E-state index in [4.69, 9.17) is 5.26 Å². The van der Waals surface area contributed by atoms with Crippen LogP contribution in [0.4, 0.5) is 11.4 Å². The lowest BCUT2D eigenvalue weighted by molar-refractivity contribution is 0.222. The van der Waals surface area contributed by atoms with Crippen LogP contribution in [-0.4, -0.2) is 17.4 Å². The van der Waals surface area contributed by atoms with Gasteiger partial charge in [0.15, 0.2) is 0 Å². The molecule has 1 heterocycles. The zero-order valence-corrected chi connectivity index (χ0v) is 9.03. The molecule has 84 valence electrons. The summed E-state index contributed by atoms with van der Waals surface area (Å²) in [5.74, 6) is 0. The number of benzene rings is 1. The van der Waals surface area contributed by atoms with Gasteiger partial charge in [-0.3, -0.25) is 0 Å². The molecule has 1 aliphatic rings. The van der Waals surface area contributed by atoms with Crippen molar-refractivity contribution in [2.24, 2.45) is 0 Å². The Kier molecular flexibility index (Phi) is 2.97. The highest BCUT2D eigenvalue weighted by atomic mass is 16.3. The van der Waals surface area contributed by atoms with Gasteiger partial charge in [0.05, 0.1) is 24.1 Å². The lowest BCUT2D eigenvalue weighted by atomic mass is 10.0. The summed E-state index contributed by atoms with van der Waals surface area (Å²) in [4.78, 5) is 0. The minimum atomic E-state index is -0.499. The van der Waals surface area contributed by atoms with E-state index in [2.05, 4.69) is 16.7 Å². The zero-order chi connectivity index (χ0) is 11.4. The summed E-state index contributed by atoms with van der Waals surface area (Å²) >= 11 is 0. The van der Waals surface area contributed by atoms with Crippen molar-refractivity contribution in [2.75, 3.05) is 17.2 Å². The van der Waals surface area contributed by atoms with Crippen LogP contribution >= 0.6 is 0 Å². The van der Waals surface area contributed by atoms with Crippen molar-refractivity contribution in [3.05, 3.63) is 24.3 Å². The highest BCUT2D eigenvalue weighted by Gasteiger charge is 2.34. The van der Waals surface area contributed by atoms with E-state index >= 15 is 0 Å². The van der Waals surface area contributed by atoms with E-state index < -0.39 is 5.66 Å². The van der Waals surface area contributed by atoms with Crippen molar-refractivity contribution >= 4 is 11.4 Å². The van der Waals surface area contributed by atoms with E-state index in [-0.39, 0.29) is 6.61 Å². The van der Waals surface area contributed by atoms with Crippen molar-refractivity contribution in [2.45, 2.75) is 24.9 Å². The smallest absolute Gasteiger partial charge is 0.132 e. The van der Waals surface area contributed by atoms with E-state index in [1.807, 2.05) is 24.3 Å². The molecule has 0 aromatic heterocycles. The Morgan fingerprint density at radius 3 is 2.38 bits per heavy atom. The highest BCUT2D eigenvalue weighted by molar-refractivity contribution is 5.76. The van der Waals surface area contributed by atoms with Crippen molar-refractivity contribution in [1.82, 2.24) is 0 Å². The fraction of sp³-hybridized carbons (Fsp3) is 0.417. The number of rotatable bonds is 4. The van der Waals surface area contributed by atoms with Crippen LogP contribution in [0.5, 0.6) is 0 Å². The second-order valence-electron chi connectivity index (χ2n) is 4.05. The Labute approximate surface area is 94.9 Å². The molecule has 0 unspecified atom stereocenters. The van der Waals surface area contributed by atoms with Gasteiger partial charge in [0.25, 0.3) is 0 Å². The Bertz CT molecular complexity index is 386. The second kappa shape index (κ2) is 4.42. The predicted octanol–water partition coefficient (Wildman–Crippen LogP) is 1.91. The Morgan fingerprint density at radius 1 is 1.25 bits per heavy atom. The van der Waals surface area contributed by atoms with Gasteiger partial charge in [0.1, 0.15) is 5.66 Å². The van der Waals surface area contributed by atoms with Gasteiger partial charge in [-0.1, -0.05) is 12.1 Å². The van der Waals surface area contributed by atoms with Crippen molar-refractivity contribution in [1.29, 1.82) is 5.26 Å². The van der Waals surface area contributed by atoms with Crippen LogP contribution in [-0.2, 0) is 0 Å². The molecule has 0 saturated heterocycles. The molecule has 4 heteroatoms. The molecule has 2 rings (SSSR count). The molecule has 0 amide bonds. The van der Waals surface area contributed by atoms with E-state index in [1.54, 1.807) is 0 Å². The van der Waals surface area contributed by atoms with Gasteiger partial charge in [-0.25, -0.2) is 0 Å². The normalized spacial score (nSPS) is 15.8. The van der Waals surface area contributed by atoms with Crippen LogP contribution in [0.2, 0.25) is 0 Å². The summed E-state index contributed by atoms with van der Waals surface area (Å²) in [7, 11) is 0. The lowest BCUT2D eigenvalue weighted by Crippen LogP contribution is -2.45. The van der Waals surface area contributed by atoms with E-state index in [0.717, 1.165) is 24.2 Å². The van der Waals surface area contributed by atoms with E-state index in [1.165, 1.54) is 0 Å². The summed E-state index contributed by atoms with van der Waals surface area (Å²) in [6.07, 6.45) is 2.01. The maximum absolute atomic E-state index is 9.48. The van der Waals surface area contributed by atoms with Crippen LogP contribution in [0.25, 0.3) is 0 Å². The summed E-state index contributed by atoms with van der Waals surface area (Å²) in [6.45, 7) is 0.00705. The molecule has 0 aliphatic carbocycles. The fourth-order valence-electron chi connectivity index (χ4n) is 2.00. The summed E-state index contributed by atoms with van der Waals surface area (Å²) in [6, 6.07) is 9.98. The number of nitrogens with one attached hydrogen (secondary N) is 2. The number of anilines is 2. The molecular formula is C12H15N3O. The molecule has 1 aliphatic heterocycles. The Hall–Kier alpha value is -1.73. The Morgan fingerprint density at radius 2 is 1.88 bits per heavy atom. The molecule has 0 atom stereocenters. The van der Waals surface area contributed by atoms with Crippen LogP contribution in [0, 0.1) is 11.3 Å². The number of aliphatic hydroxyl groups excluding tert-OH is 1. The predicted molar refractivity (Wildman–Crippen MR) is 63.0 cm³/mol. The molecule has 0 spiro atoms. The van der Waals surface area contributed by atoms with Gasteiger partial charge in [-0.05, 0) is 25.0 Å². The molecule has 1 aromatic rings. The standard InChI is InChI=1S/C12H15N3O/c13-8-4-3-7-12(9-16)14-10-5-1-2-6-11(10)15-12/h1-2,5-6,14-16H,3-4,7,9H2. The first-order valence-corrected chi connectivity index (χ1v) is 5.43. The molecule has 3 N–H and O–H groups in total. The first-order valence-electron chi connectivity index (χ1n) is 5.43. The molecule has 16 heavy (non-hydrogen) atoms. The highest BCUT2D eigenvalue weighted by Crippen LogP contribution is 2.35. The van der Waals surface area contributed by atoms with Gasteiger partial charge in [0.2, 0.25) is 0 Å². The monoisotopic (exact) mass is 217 g/mol. The summed E-state index contributed by atoms with van der Waals surface area (Å²) < 4.78 is 0. The Balaban J connectivity index is 2.08. The average molecular weight is 217 g/mol. The number of hydrogen-bond acceptors (Lipinski definition) is 4. The van der Waals surface area contributed by atoms with Gasteiger partial charge < -0.3 is 15.7 Å². The number of nitriles is 1. The largest absolute Gasteiger partial charge is 0.392 e. The third-order valence-electron chi connectivity index (χ3n) is 2.84. The maximum Gasteiger partial charge on any atom is 0.132 e. The van der Waals surface area contributed by atoms with Gasteiger partial charge in [-0.2, -0.15) is 5.26 Å². The van der Waals surface area contributed by atoms with Gasteiger partial charge >= 0.3 is 0 Å². The van der Waals surface area contributed by atoms with Crippen molar-refractivity contribution in [3.63, 3.8) is 0 Å². The first kappa shape index (κ1) is 10.8. The van der Waals surface area contributed by atoms with Crippen LogP contribution in [0.1, 0.15) is 19.3 Å². The van der Waals surface area contributed by atoms with E-state index in [0.29, 0.717) is 6.42 Å². The number of hydrogen-bond donors (Lipinski definition) is 3. The molecule has 0 radical (unpaired) electrons. The number of para-hydroxylation sites is 2. The minimum absolute atomic E-state index is 0.00705. The van der Waals surface area contributed by atoms with Crippen LogP contribution in [0.3, 0.4) is 0 Å². The zero-order valence-electron chi connectivity index (χ0n) is 9.03. The minimum Gasteiger partial charge on any atom is -0.392 e. The number of unbranched alkanes of at least 4 members (excludes halogenated alkanes) is 1. The number of fused-ring (bicyclic) bond motifs is 1. The molecular weight excluding hydrogens is 202 g/mol. The number of nitrogens with zero attached hydrogens (tertiary/aromatic N) is 1. The second-order valence-corrected chi connectivity index (χ2v) is 4.05. The fourth-order valence-corrected chi connectivity index (χ4v) is 2.00. The van der Waals surface area contributed by atoms with Gasteiger partial charge in [0, 0.05) is 6.42 Å². The molecule has 0 fully saturated rings. The topological polar surface area (TPSA) is 68.1 Å².